The van der Waals surface area contributed by atoms with Gasteiger partial charge < -0.3 is 4.74 Å². The molecule has 0 bridgehead atoms. The van der Waals surface area contributed by atoms with Crippen molar-refractivity contribution in [2.24, 2.45) is 0 Å². The van der Waals surface area contributed by atoms with E-state index in [1.165, 1.54) is 10.5 Å². The molecule has 1 aliphatic heterocycles. The number of carbonyl (C=O) groups is 2. The van der Waals surface area contributed by atoms with Crippen molar-refractivity contribution in [1.82, 2.24) is 4.90 Å². The fraction of sp³-hybridized carbons (Fsp3) is 0.300. The van der Waals surface area contributed by atoms with Gasteiger partial charge in [-0.25, -0.2) is 0 Å². The van der Waals surface area contributed by atoms with Gasteiger partial charge in [0.1, 0.15) is 12.4 Å². The Balaban J connectivity index is 1.56. The van der Waals surface area contributed by atoms with Gasteiger partial charge >= 0.3 is 0 Å². The van der Waals surface area contributed by atoms with Gasteiger partial charge in [-0.2, -0.15) is 0 Å². The van der Waals surface area contributed by atoms with E-state index in [0.717, 1.165) is 28.6 Å². The zero-order valence-corrected chi connectivity index (χ0v) is 15.2. The predicted octanol–water partition coefficient (Wildman–Crippen LogP) is 4.20. The third-order valence-electron chi connectivity index (χ3n) is 4.19. The van der Waals surface area contributed by atoms with Gasteiger partial charge in [-0.05, 0) is 43.5 Å². The summed E-state index contributed by atoms with van der Waals surface area (Å²) >= 11 is 1.12. The van der Waals surface area contributed by atoms with Crippen LogP contribution in [0.2, 0.25) is 0 Å². The molecule has 5 heteroatoms. The molecule has 0 spiro atoms. The minimum absolute atomic E-state index is 0.0859. The molecule has 3 rings (SSSR count). The molecule has 1 fully saturated rings. The predicted molar refractivity (Wildman–Crippen MR) is 99.8 cm³/mol. The maximum Gasteiger partial charge on any atom is 0.289 e. The maximum atomic E-state index is 12.2. The number of imide groups is 1. The number of carbonyl (C=O) groups excluding carboxylic acids is 2. The SMILES string of the molecule is CCN1C(=O)S[C@H](Cc2ccc(OCc3ccc(C)cc3)cc2)C1=O. The van der Waals surface area contributed by atoms with Crippen LogP contribution in [0.5, 0.6) is 5.75 Å². The first-order valence-electron chi connectivity index (χ1n) is 8.36. The summed E-state index contributed by atoms with van der Waals surface area (Å²) in [5, 5.41) is -0.456. The summed E-state index contributed by atoms with van der Waals surface area (Å²) in [6.45, 7) is 4.84. The van der Waals surface area contributed by atoms with Crippen LogP contribution in [0.3, 0.4) is 0 Å². The number of thioether (sulfide) groups is 1. The van der Waals surface area contributed by atoms with Gasteiger partial charge in [-0.1, -0.05) is 53.7 Å². The zero-order valence-electron chi connectivity index (χ0n) is 14.4. The smallest absolute Gasteiger partial charge is 0.289 e. The molecular weight excluding hydrogens is 334 g/mol. The number of rotatable bonds is 6. The first-order valence-corrected chi connectivity index (χ1v) is 9.24. The topological polar surface area (TPSA) is 46.6 Å². The largest absolute Gasteiger partial charge is 0.489 e. The molecule has 2 amide bonds. The summed E-state index contributed by atoms with van der Waals surface area (Å²) in [5.74, 6) is 0.707. The second-order valence-corrected chi connectivity index (χ2v) is 7.23. The molecule has 2 aromatic carbocycles. The van der Waals surface area contributed by atoms with Crippen molar-refractivity contribution in [3.63, 3.8) is 0 Å². The van der Waals surface area contributed by atoms with Crippen molar-refractivity contribution in [3.05, 3.63) is 65.2 Å². The molecule has 1 atom stereocenters. The molecule has 1 aliphatic rings. The minimum Gasteiger partial charge on any atom is -0.489 e. The van der Waals surface area contributed by atoms with Crippen molar-refractivity contribution in [1.29, 1.82) is 0 Å². The molecule has 25 heavy (non-hydrogen) atoms. The average molecular weight is 355 g/mol. The van der Waals surface area contributed by atoms with Crippen LogP contribution in [0.15, 0.2) is 48.5 Å². The minimum atomic E-state index is -0.313. The van der Waals surface area contributed by atoms with Crippen LogP contribution in [-0.2, 0) is 17.8 Å². The molecule has 0 saturated carbocycles. The Labute approximate surface area is 152 Å². The van der Waals surface area contributed by atoms with Crippen LogP contribution in [0.1, 0.15) is 23.6 Å². The lowest BCUT2D eigenvalue weighted by molar-refractivity contribution is -0.126. The molecule has 0 radical (unpaired) electrons. The Morgan fingerprint density at radius 1 is 1.00 bits per heavy atom. The van der Waals surface area contributed by atoms with Crippen LogP contribution in [0.25, 0.3) is 0 Å². The molecule has 130 valence electrons. The summed E-state index contributed by atoms with van der Waals surface area (Å²) in [6, 6.07) is 16.0. The van der Waals surface area contributed by atoms with Gasteiger partial charge in [-0.15, -0.1) is 0 Å². The maximum absolute atomic E-state index is 12.2. The molecule has 0 aromatic heterocycles. The molecule has 0 aliphatic carbocycles. The molecular formula is C20H21NO3S. The van der Waals surface area contributed by atoms with Gasteiger partial charge in [0, 0.05) is 6.54 Å². The van der Waals surface area contributed by atoms with E-state index in [-0.39, 0.29) is 16.4 Å². The lowest BCUT2D eigenvalue weighted by Gasteiger charge is -2.11. The standard InChI is InChI=1S/C20H21NO3S/c1-3-21-19(22)18(25-20(21)23)12-15-8-10-17(11-9-15)24-13-16-6-4-14(2)5-7-16/h4-11,18H,3,12-13H2,1-2H3/t18-/m1/s1. The normalized spacial score (nSPS) is 17.2. The van der Waals surface area contributed by atoms with Crippen LogP contribution in [0.4, 0.5) is 4.79 Å². The van der Waals surface area contributed by atoms with Crippen molar-refractivity contribution < 1.29 is 14.3 Å². The summed E-state index contributed by atoms with van der Waals surface area (Å²) in [6.07, 6.45) is 0.560. The molecule has 4 nitrogen and oxygen atoms in total. The number of hydrogen-bond acceptors (Lipinski definition) is 4. The fourth-order valence-corrected chi connectivity index (χ4v) is 3.79. The molecule has 0 N–H and O–H groups in total. The third kappa shape index (κ3) is 4.23. The number of benzene rings is 2. The molecule has 2 aromatic rings. The Hall–Kier alpha value is -2.27. The van der Waals surface area contributed by atoms with Gasteiger partial charge in [-0.3, -0.25) is 14.5 Å². The summed E-state index contributed by atoms with van der Waals surface area (Å²) in [5.41, 5.74) is 3.38. The van der Waals surface area contributed by atoms with Gasteiger partial charge in [0.2, 0.25) is 5.91 Å². The monoisotopic (exact) mass is 355 g/mol. The first kappa shape index (κ1) is 17.5. The first-order chi connectivity index (χ1) is 12.1. The zero-order chi connectivity index (χ0) is 17.8. The van der Waals surface area contributed by atoms with E-state index in [1.54, 1.807) is 0 Å². The highest BCUT2D eigenvalue weighted by Crippen LogP contribution is 2.29. The fourth-order valence-electron chi connectivity index (χ4n) is 2.70. The van der Waals surface area contributed by atoms with E-state index in [2.05, 4.69) is 31.2 Å². The Bertz CT molecular complexity index is 756. The van der Waals surface area contributed by atoms with Crippen molar-refractivity contribution in [2.45, 2.75) is 32.1 Å². The van der Waals surface area contributed by atoms with E-state index in [9.17, 15) is 9.59 Å². The number of nitrogens with zero attached hydrogens (tertiary/aromatic N) is 1. The summed E-state index contributed by atoms with van der Waals surface area (Å²) < 4.78 is 5.80. The number of hydrogen-bond donors (Lipinski definition) is 0. The van der Waals surface area contributed by atoms with Crippen LogP contribution < -0.4 is 4.74 Å². The van der Waals surface area contributed by atoms with Gasteiger partial charge in [0.25, 0.3) is 5.24 Å². The number of ether oxygens (including phenoxy) is 1. The molecule has 1 saturated heterocycles. The second-order valence-electron chi connectivity index (χ2n) is 6.08. The highest BCUT2D eigenvalue weighted by Gasteiger charge is 2.38. The van der Waals surface area contributed by atoms with E-state index >= 15 is 0 Å². The highest BCUT2D eigenvalue weighted by atomic mass is 32.2. The van der Waals surface area contributed by atoms with Crippen LogP contribution in [0, 0.1) is 6.92 Å². The van der Waals surface area contributed by atoms with E-state index in [4.69, 9.17) is 4.74 Å². The Morgan fingerprint density at radius 2 is 1.64 bits per heavy atom. The lowest BCUT2D eigenvalue weighted by atomic mass is 10.1. The second kappa shape index (κ2) is 7.74. The van der Waals surface area contributed by atoms with E-state index in [0.29, 0.717) is 19.6 Å². The van der Waals surface area contributed by atoms with Crippen LogP contribution >= 0.6 is 11.8 Å². The van der Waals surface area contributed by atoms with Crippen molar-refractivity contribution in [3.8, 4) is 5.75 Å². The Kier molecular flexibility index (Phi) is 5.43. The summed E-state index contributed by atoms with van der Waals surface area (Å²) in [4.78, 5) is 25.2. The van der Waals surface area contributed by atoms with Gasteiger partial charge in [0.15, 0.2) is 0 Å². The Morgan fingerprint density at radius 3 is 2.24 bits per heavy atom. The van der Waals surface area contributed by atoms with E-state index in [1.807, 2.05) is 31.2 Å². The average Bonchev–Trinajstić information content (AvgIpc) is 2.88. The van der Waals surface area contributed by atoms with Crippen molar-refractivity contribution in [2.75, 3.05) is 6.54 Å². The molecule has 1 heterocycles. The van der Waals surface area contributed by atoms with Gasteiger partial charge in [0.05, 0.1) is 5.25 Å². The van der Waals surface area contributed by atoms with Crippen molar-refractivity contribution >= 4 is 22.9 Å². The lowest BCUT2D eigenvalue weighted by Crippen LogP contribution is -2.31. The van der Waals surface area contributed by atoms with E-state index < -0.39 is 0 Å². The van der Waals surface area contributed by atoms with Crippen LogP contribution in [-0.4, -0.2) is 27.8 Å². The quantitative estimate of drug-likeness (QED) is 0.779. The third-order valence-corrected chi connectivity index (χ3v) is 5.27. The molecule has 0 unspecified atom stereocenters. The highest BCUT2D eigenvalue weighted by molar-refractivity contribution is 8.15. The number of amides is 2. The number of aryl methyl sites for hydroxylation is 1. The summed E-state index contributed by atoms with van der Waals surface area (Å²) in [7, 11) is 0.